The Balaban J connectivity index is 2.41. The van der Waals surface area contributed by atoms with Crippen LogP contribution in [0.2, 0.25) is 0 Å². The highest BCUT2D eigenvalue weighted by Gasteiger charge is 2.51. The number of amides is 1. The molecule has 1 fully saturated rings. The van der Waals surface area contributed by atoms with Gasteiger partial charge in [-0.05, 0) is 58.7 Å². The largest absolute Gasteiger partial charge is 0.350 e. The molecular weight excluding hydrogens is 370 g/mol. The molecule has 1 amide bonds. The number of carbonyl (C=O) groups excluding carboxylic acids is 1. The number of nitro groups is 1. The van der Waals surface area contributed by atoms with Gasteiger partial charge in [-0.3, -0.25) is 14.9 Å². The molecule has 0 unspecified atom stereocenters. The van der Waals surface area contributed by atoms with Gasteiger partial charge in [0.2, 0.25) is 15.9 Å². The molecule has 9 heteroatoms. The third-order valence-electron chi connectivity index (χ3n) is 4.71. The van der Waals surface area contributed by atoms with Gasteiger partial charge in [-0.1, -0.05) is 6.58 Å². The first-order valence-electron chi connectivity index (χ1n) is 8.54. The number of rotatable bonds is 5. The van der Waals surface area contributed by atoms with E-state index in [1.54, 1.807) is 0 Å². The first-order valence-corrected chi connectivity index (χ1v) is 9.98. The van der Waals surface area contributed by atoms with Crippen molar-refractivity contribution < 1.29 is 18.1 Å². The van der Waals surface area contributed by atoms with E-state index in [9.17, 15) is 23.3 Å². The average Bonchev–Trinajstić information content (AvgIpc) is 2.51. The molecule has 27 heavy (non-hydrogen) atoms. The van der Waals surface area contributed by atoms with Crippen LogP contribution in [-0.2, 0) is 14.8 Å². The molecule has 1 N–H and O–H groups in total. The topological polar surface area (TPSA) is 110 Å². The Hall–Kier alpha value is -2.26. The zero-order valence-corrected chi connectivity index (χ0v) is 16.7. The van der Waals surface area contributed by atoms with Crippen molar-refractivity contribution in [1.82, 2.24) is 9.62 Å². The van der Waals surface area contributed by atoms with Crippen LogP contribution in [0.5, 0.6) is 0 Å². The van der Waals surface area contributed by atoms with Gasteiger partial charge in [0, 0.05) is 29.3 Å². The molecular formula is C18H25N3O5S. The molecule has 0 saturated carbocycles. The number of piperidine rings is 1. The van der Waals surface area contributed by atoms with E-state index in [2.05, 4.69) is 11.9 Å². The van der Waals surface area contributed by atoms with E-state index >= 15 is 0 Å². The molecule has 1 aromatic carbocycles. The van der Waals surface area contributed by atoms with Crippen molar-refractivity contribution >= 4 is 21.6 Å². The summed E-state index contributed by atoms with van der Waals surface area (Å²) in [5.41, 5.74) is -1.72. The molecule has 0 radical (unpaired) electrons. The van der Waals surface area contributed by atoms with Crippen LogP contribution in [0.15, 0.2) is 41.8 Å². The maximum absolute atomic E-state index is 13.3. The van der Waals surface area contributed by atoms with Gasteiger partial charge in [0.1, 0.15) is 0 Å². The fourth-order valence-electron chi connectivity index (χ4n) is 4.12. The summed E-state index contributed by atoms with van der Waals surface area (Å²) >= 11 is 0. The Morgan fingerprint density at radius 1 is 1.22 bits per heavy atom. The summed E-state index contributed by atoms with van der Waals surface area (Å²) in [6.07, 6.45) is 2.06. The first kappa shape index (κ1) is 21.0. The maximum Gasteiger partial charge on any atom is 0.269 e. The van der Waals surface area contributed by atoms with Crippen LogP contribution in [0.3, 0.4) is 0 Å². The lowest BCUT2D eigenvalue weighted by molar-refractivity contribution is -0.384. The van der Waals surface area contributed by atoms with Crippen LogP contribution in [0, 0.1) is 10.1 Å². The average molecular weight is 395 g/mol. The molecule has 1 aliphatic rings. The van der Waals surface area contributed by atoms with Crippen molar-refractivity contribution in [2.45, 2.75) is 62.6 Å². The maximum atomic E-state index is 13.3. The second-order valence-corrected chi connectivity index (χ2v) is 9.75. The summed E-state index contributed by atoms with van der Waals surface area (Å²) in [6, 6.07) is 4.69. The summed E-state index contributed by atoms with van der Waals surface area (Å²) < 4.78 is 28.1. The zero-order valence-electron chi connectivity index (χ0n) is 15.9. The van der Waals surface area contributed by atoms with E-state index in [4.69, 9.17) is 0 Å². The van der Waals surface area contributed by atoms with Crippen molar-refractivity contribution in [3.8, 4) is 0 Å². The zero-order chi connectivity index (χ0) is 20.6. The van der Waals surface area contributed by atoms with Crippen molar-refractivity contribution in [2.24, 2.45) is 0 Å². The SMILES string of the molecule is C=CC(=O)NC1CC(C)(C)N(S(=O)(=O)c2ccc([N+](=O)[O-])cc2)C(C)(C)C1. The van der Waals surface area contributed by atoms with Crippen molar-refractivity contribution in [2.75, 3.05) is 0 Å². The van der Waals surface area contributed by atoms with Gasteiger partial charge < -0.3 is 5.32 Å². The third-order valence-corrected chi connectivity index (χ3v) is 7.05. The summed E-state index contributed by atoms with van der Waals surface area (Å²) in [7, 11) is -3.90. The number of benzene rings is 1. The predicted molar refractivity (Wildman–Crippen MR) is 102 cm³/mol. The quantitative estimate of drug-likeness (QED) is 0.468. The van der Waals surface area contributed by atoms with E-state index in [1.165, 1.54) is 34.6 Å². The fraction of sp³-hybridized carbons (Fsp3) is 0.500. The molecule has 2 rings (SSSR count). The molecule has 0 bridgehead atoms. The number of nitrogens with one attached hydrogen (secondary N) is 1. The standard InChI is InChI=1S/C18H25N3O5S/c1-6-16(22)19-13-11-17(2,3)21(18(4,5)12-13)27(25,26)15-9-7-14(8-10-15)20(23)24/h6-10,13H,1,11-12H2,2-5H3,(H,19,22). The number of hydrogen-bond donors (Lipinski definition) is 1. The number of nitrogens with zero attached hydrogens (tertiary/aromatic N) is 2. The Labute approximate surface area is 159 Å². The van der Waals surface area contributed by atoms with Gasteiger partial charge in [0.15, 0.2) is 0 Å². The van der Waals surface area contributed by atoms with Crippen LogP contribution in [0.25, 0.3) is 0 Å². The summed E-state index contributed by atoms with van der Waals surface area (Å²) in [4.78, 5) is 21.9. The Morgan fingerprint density at radius 3 is 2.11 bits per heavy atom. The normalized spacial score (nSPS) is 20.0. The van der Waals surface area contributed by atoms with Gasteiger partial charge in [0.25, 0.3) is 5.69 Å². The molecule has 148 valence electrons. The second-order valence-electron chi connectivity index (χ2n) is 7.96. The highest BCUT2D eigenvalue weighted by Crippen LogP contribution is 2.42. The van der Waals surface area contributed by atoms with Crippen molar-refractivity contribution in [1.29, 1.82) is 0 Å². The van der Waals surface area contributed by atoms with Gasteiger partial charge in [-0.2, -0.15) is 4.31 Å². The minimum Gasteiger partial charge on any atom is -0.350 e. The monoisotopic (exact) mass is 395 g/mol. The lowest BCUT2D eigenvalue weighted by Crippen LogP contribution is -2.65. The molecule has 1 aromatic rings. The van der Waals surface area contributed by atoms with Gasteiger partial charge in [-0.25, -0.2) is 8.42 Å². The second kappa shape index (κ2) is 7.05. The lowest BCUT2D eigenvalue weighted by Gasteiger charge is -2.53. The summed E-state index contributed by atoms with van der Waals surface area (Å²) in [6.45, 7) is 10.7. The first-order chi connectivity index (χ1) is 12.3. The Kier molecular flexibility index (Phi) is 5.49. The van der Waals surface area contributed by atoms with E-state index in [1.807, 2.05) is 27.7 Å². The smallest absolute Gasteiger partial charge is 0.269 e. The summed E-state index contributed by atoms with van der Waals surface area (Å²) in [5.74, 6) is -0.293. The van der Waals surface area contributed by atoms with Crippen LogP contribution >= 0.6 is 0 Å². The van der Waals surface area contributed by atoms with E-state index in [0.29, 0.717) is 12.8 Å². The highest BCUT2D eigenvalue weighted by atomic mass is 32.2. The van der Waals surface area contributed by atoms with Crippen molar-refractivity contribution in [3.05, 3.63) is 47.0 Å². The third kappa shape index (κ3) is 4.19. The Bertz CT molecular complexity index is 841. The van der Waals surface area contributed by atoms with E-state index < -0.39 is 26.0 Å². The van der Waals surface area contributed by atoms with Gasteiger partial charge >= 0.3 is 0 Å². The fourth-order valence-corrected chi connectivity index (χ4v) is 6.26. The van der Waals surface area contributed by atoms with Crippen LogP contribution in [-0.4, -0.2) is 40.7 Å². The molecule has 0 aromatic heterocycles. The molecule has 1 aliphatic heterocycles. The van der Waals surface area contributed by atoms with Crippen molar-refractivity contribution in [3.63, 3.8) is 0 Å². The minimum atomic E-state index is -3.90. The number of carbonyl (C=O) groups is 1. The van der Waals surface area contributed by atoms with E-state index in [-0.39, 0.29) is 22.5 Å². The lowest BCUT2D eigenvalue weighted by atomic mass is 9.79. The van der Waals surface area contributed by atoms with Crippen LogP contribution < -0.4 is 5.32 Å². The summed E-state index contributed by atoms with van der Waals surface area (Å²) in [5, 5.41) is 13.7. The molecule has 1 saturated heterocycles. The molecule has 0 atom stereocenters. The number of non-ortho nitro benzene ring substituents is 1. The number of nitro benzene ring substituents is 1. The van der Waals surface area contributed by atoms with Gasteiger partial charge in [-0.15, -0.1) is 0 Å². The van der Waals surface area contributed by atoms with Crippen LogP contribution in [0.1, 0.15) is 40.5 Å². The van der Waals surface area contributed by atoms with E-state index in [0.717, 1.165) is 0 Å². The number of hydrogen-bond acceptors (Lipinski definition) is 5. The molecule has 1 heterocycles. The molecule has 8 nitrogen and oxygen atoms in total. The minimum absolute atomic E-state index is 0.00262. The highest BCUT2D eigenvalue weighted by molar-refractivity contribution is 7.89. The molecule has 0 spiro atoms. The van der Waals surface area contributed by atoms with Crippen LogP contribution in [0.4, 0.5) is 5.69 Å². The Morgan fingerprint density at radius 2 is 1.70 bits per heavy atom. The number of sulfonamides is 1. The van der Waals surface area contributed by atoms with Gasteiger partial charge in [0.05, 0.1) is 9.82 Å². The predicted octanol–water partition coefficient (Wildman–Crippen LogP) is 2.61. The molecule has 0 aliphatic carbocycles.